The van der Waals surface area contributed by atoms with Crippen molar-refractivity contribution in [3.8, 4) is 0 Å². The Hall–Kier alpha value is -2.90. The third-order valence-electron chi connectivity index (χ3n) is 3.24. The van der Waals surface area contributed by atoms with Crippen molar-refractivity contribution in [3.05, 3.63) is 53.9 Å². The summed E-state index contributed by atoms with van der Waals surface area (Å²) < 4.78 is 38.4. The third kappa shape index (κ3) is 5.03. The number of rotatable bonds is 5. The van der Waals surface area contributed by atoms with E-state index < -0.39 is 12.1 Å². The van der Waals surface area contributed by atoms with Crippen molar-refractivity contribution in [2.45, 2.75) is 26.1 Å². The van der Waals surface area contributed by atoms with Gasteiger partial charge in [0.2, 0.25) is 0 Å². The van der Waals surface area contributed by atoms with E-state index in [0.717, 1.165) is 0 Å². The van der Waals surface area contributed by atoms with E-state index in [0.29, 0.717) is 11.1 Å². The van der Waals surface area contributed by atoms with Crippen LogP contribution < -0.4 is 5.32 Å². The fourth-order valence-electron chi connectivity index (χ4n) is 1.94. The Morgan fingerprint density at radius 1 is 1.28 bits per heavy atom. The van der Waals surface area contributed by atoms with Gasteiger partial charge in [-0.3, -0.25) is 14.3 Å². The molecule has 0 saturated carbocycles. The molecule has 0 radical (unpaired) electrons. The topological polar surface area (TPSA) is 64.0 Å². The molecular formula is C17H16F3N3O2. The van der Waals surface area contributed by atoms with E-state index >= 15 is 0 Å². The zero-order valence-corrected chi connectivity index (χ0v) is 13.5. The zero-order valence-electron chi connectivity index (χ0n) is 13.5. The number of hydrogen-bond acceptors (Lipinski definition) is 3. The van der Waals surface area contributed by atoms with Crippen molar-refractivity contribution in [2.24, 2.45) is 0 Å². The number of anilines is 1. The SMILES string of the molecule is CC(C)n1cc(C(=O)/C=C/c2cccc(NC(=O)C(F)(F)F)c2)cn1. The molecule has 1 amide bonds. The summed E-state index contributed by atoms with van der Waals surface area (Å²) in [5, 5.41) is 5.83. The maximum absolute atomic E-state index is 12.3. The number of carbonyl (C=O) groups is 2. The van der Waals surface area contributed by atoms with Crippen LogP contribution in [0.25, 0.3) is 6.08 Å². The highest BCUT2D eigenvalue weighted by atomic mass is 19.4. The number of halogens is 3. The van der Waals surface area contributed by atoms with Crippen molar-refractivity contribution in [2.75, 3.05) is 5.32 Å². The molecule has 0 aliphatic heterocycles. The van der Waals surface area contributed by atoms with E-state index in [-0.39, 0.29) is 17.5 Å². The Balaban J connectivity index is 2.09. The molecular weight excluding hydrogens is 335 g/mol. The van der Waals surface area contributed by atoms with Gasteiger partial charge >= 0.3 is 12.1 Å². The molecule has 1 aromatic heterocycles. The third-order valence-corrected chi connectivity index (χ3v) is 3.24. The number of benzene rings is 1. The first kappa shape index (κ1) is 18.4. The lowest BCUT2D eigenvalue weighted by Gasteiger charge is -2.08. The van der Waals surface area contributed by atoms with E-state index in [1.807, 2.05) is 13.8 Å². The van der Waals surface area contributed by atoms with Gasteiger partial charge in [-0.1, -0.05) is 18.2 Å². The van der Waals surface area contributed by atoms with Crippen LogP contribution in [0.15, 0.2) is 42.7 Å². The van der Waals surface area contributed by atoms with Gasteiger partial charge in [0, 0.05) is 17.9 Å². The molecule has 0 fully saturated rings. The van der Waals surface area contributed by atoms with Gasteiger partial charge in [-0.2, -0.15) is 18.3 Å². The second-order valence-electron chi connectivity index (χ2n) is 5.58. The minimum Gasteiger partial charge on any atom is -0.318 e. The van der Waals surface area contributed by atoms with Gasteiger partial charge in [0.15, 0.2) is 5.78 Å². The average Bonchev–Trinajstić information content (AvgIpc) is 3.02. The van der Waals surface area contributed by atoms with Gasteiger partial charge in [-0.25, -0.2) is 0 Å². The van der Waals surface area contributed by atoms with Gasteiger partial charge in [-0.15, -0.1) is 0 Å². The highest BCUT2D eigenvalue weighted by Gasteiger charge is 2.38. The summed E-state index contributed by atoms with van der Waals surface area (Å²) in [6.07, 6.45) is 0.868. The Morgan fingerprint density at radius 2 is 2.00 bits per heavy atom. The maximum atomic E-state index is 12.3. The highest BCUT2D eigenvalue weighted by molar-refractivity contribution is 6.06. The maximum Gasteiger partial charge on any atom is 0.471 e. The van der Waals surface area contributed by atoms with Crippen molar-refractivity contribution in [1.29, 1.82) is 0 Å². The molecule has 0 saturated heterocycles. The Kier molecular flexibility index (Phi) is 5.41. The lowest BCUT2D eigenvalue weighted by Crippen LogP contribution is -2.29. The Morgan fingerprint density at radius 3 is 2.60 bits per heavy atom. The standard InChI is InChI=1S/C17H16F3N3O2/c1-11(2)23-10-13(9-21-23)15(24)7-6-12-4-3-5-14(8-12)22-16(25)17(18,19)20/h3-11H,1-2H3,(H,22,25)/b7-6+. The number of nitrogens with zero attached hydrogens (tertiary/aromatic N) is 2. The second kappa shape index (κ2) is 7.33. The fourth-order valence-corrected chi connectivity index (χ4v) is 1.94. The molecule has 1 aromatic carbocycles. The molecule has 0 aliphatic rings. The van der Waals surface area contributed by atoms with Gasteiger partial charge in [0.25, 0.3) is 0 Å². The number of alkyl halides is 3. The van der Waals surface area contributed by atoms with E-state index in [1.54, 1.807) is 22.3 Å². The zero-order chi connectivity index (χ0) is 18.6. The van der Waals surface area contributed by atoms with Gasteiger partial charge in [0.05, 0.1) is 11.8 Å². The quantitative estimate of drug-likeness (QED) is 0.657. The molecule has 5 nitrogen and oxygen atoms in total. The molecule has 0 atom stereocenters. The molecule has 25 heavy (non-hydrogen) atoms. The molecule has 0 spiro atoms. The molecule has 1 heterocycles. The van der Waals surface area contributed by atoms with E-state index in [4.69, 9.17) is 0 Å². The molecule has 2 rings (SSSR count). The number of ketones is 1. The molecule has 0 aliphatic carbocycles. The first-order valence-corrected chi connectivity index (χ1v) is 7.41. The number of hydrogen-bond donors (Lipinski definition) is 1. The number of amides is 1. The summed E-state index contributed by atoms with van der Waals surface area (Å²) in [6.45, 7) is 3.86. The van der Waals surface area contributed by atoms with E-state index in [1.165, 1.54) is 36.5 Å². The molecule has 1 N–H and O–H groups in total. The monoisotopic (exact) mass is 351 g/mol. The van der Waals surface area contributed by atoms with Crippen LogP contribution in [-0.2, 0) is 4.79 Å². The number of nitrogens with one attached hydrogen (secondary N) is 1. The predicted octanol–water partition coefficient (Wildman–Crippen LogP) is 3.86. The van der Waals surface area contributed by atoms with E-state index in [9.17, 15) is 22.8 Å². The van der Waals surface area contributed by atoms with Crippen LogP contribution >= 0.6 is 0 Å². The normalized spacial score (nSPS) is 11.9. The van der Waals surface area contributed by atoms with Crippen molar-refractivity contribution >= 4 is 23.5 Å². The Bertz CT molecular complexity index is 807. The molecule has 0 unspecified atom stereocenters. The van der Waals surface area contributed by atoms with Crippen molar-refractivity contribution in [3.63, 3.8) is 0 Å². The fraction of sp³-hybridized carbons (Fsp3) is 0.235. The minimum atomic E-state index is -4.96. The van der Waals surface area contributed by atoms with Crippen LogP contribution in [0.1, 0.15) is 35.8 Å². The van der Waals surface area contributed by atoms with Crippen LogP contribution in [0.3, 0.4) is 0 Å². The van der Waals surface area contributed by atoms with Crippen LogP contribution in [0.5, 0.6) is 0 Å². The molecule has 0 bridgehead atoms. The summed E-state index contributed by atoms with van der Waals surface area (Å²) in [5.74, 6) is -2.33. The lowest BCUT2D eigenvalue weighted by atomic mass is 10.1. The van der Waals surface area contributed by atoms with Crippen LogP contribution in [0.2, 0.25) is 0 Å². The first-order valence-electron chi connectivity index (χ1n) is 7.41. The van der Waals surface area contributed by atoms with Gasteiger partial charge in [0.1, 0.15) is 0 Å². The van der Waals surface area contributed by atoms with Crippen LogP contribution in [-0.4, -0.2) is 27.6 Å². The molecule has 2 aromatic rings. The molecule has 8 heteroatoms. The van der Waals surface area contributed by atoms with Crippen molar-refractivity contribution in [1.82, 2.24) is 9.78 Å². The number of carbonyl (C=O) groups excluding carboxylic acids is 2. The van der Waals surface area contributed by atoms with Gasteiger partial charge < -0.3 is 5.32 Å². The van der Waals surface area contributed by atoms with Crippen molar-refractivity contribution < 1.29 is 22.8 Å². The number of allylic oxidation sites excluding steroid dienone is 1. The summed E-state index contributed by atoms with van der Waals surface area (Å²) in [6, 6.07) is 5.87. The summed E-state index contributed by atoms with van der Waals surface area (Å²) in [5.41, 5.74) is 0.876. The van der Waals surface area contributed by atoms with Crippen LogP contribution in [0, 0.1) is 0 Å². The predicted molar refractivity (Wildman–Crippen MR) is 87.1 cm³/mol. The smallest absolute Gasteiger partial charge is 0.318 e. The lowest BCUT2D eigenvalue weighted by molar-refractivity contribution is -0.167. The first-order chi connectivity index (χ1) is 11.7. The Labute approximate surface area is 142 Å². The number of aromatic nitrogens is 2. The summed E-state index contributed by atoms with van der Waals surface area (Å²) >= 11 is 0. The average molecular weight is 351 g/mol. The highest BCUT2D eigenvalue weighted by Crippen LogP contribution is 2.19. The largest absolute Gasteiger partial charge is 0.471 e. The summed E-state index contributed by atoms with van der Waals surface area (Å²) in [4.78, 5) is 23.0. The molecule has 132 valence electrons. The summed E-state index contributed by atoms with van der Waals surface area (Å²) in [7, 11) is 0. The minimum absolute atomic E-state index is 0.00967. The van der Waals surface area contributed by atoms with Crippen LogP contribution in [0.4, 0.5) is 18.9 Å². The van der Waals surface area contributed by atoms with Gasteiger partial charge in [-0.05, 0) is 37.6 Å². The second-order valence-corrected chi connectivity index (χ2v) is 5.58. The van der Waals surface area contributed by atoms with E-state index in [2.05, 4.69) is 5.10 Å².